The molecule has 3 aromatic carbocycles. The number of anilines is 1. The van der Waals surface area contributed by atoms with Crippen molar-refractivity contribution in [2.45, 2.75) is 4.90 Å². The number of methoxy groups -OCH3 is 1. The molecule has 0 heterocycles. The van der Waals surface area contributed by atoms with Gasteiger partial charge in [0.1, 0.15) is 11.6 Å². The number of carbonyl (C=O) groups is 1. The summed E-state index contributed by atoms with van der Waals surface area (Å²) in [6.45, 7) is 0. The average molecular weight is 524 g/mol. The molecule has 3 rings (SSSR count). The van der Waals surface area contributed by atoms with Crippen molar-refractivity contribution in [3.63, 3.8) is 0 Å². The van der Waals surface area contributed by atoms with Gasteiger partial charge < -0.3 is 14.2 Å². The van der Waals surface area contributed by atoms with Crippen LogP contribution in [-0.2, 0) is 14.9 Å². The van der Waals surface area contributed by atoms with Gasteiger partial charge in [-0.2, -0.15) is 13.7 Å². The Kier molecular flexibility index (Phi) is 7.80. The van der Waals surface area contributed by atoms with Gasteiger partial charge in [-0.25, -0.2) is 0 Å². The van der Waals surface area contributed by atoms with Crippen LogP contribution in [0.5, 0.6) is 11.5 Å². The van der Waals surface area contributed by atoms with Crippen molar-refractivity contribution in [3.05, 3.63) is 98.1 Å². The smallest absolute Gasteiger partial charge is 0.346 e. The predicted molar refractivity (Wildman–Crippen MR) is 129 cm³/mol. The Hall–Kier alpha value is -5.29. The van der Waals surface area contributed by atoms with E-state index in [9.17, 15) is 38.7 Å². The molecular weight excluding hydrogens is 508 g/mol. The monoisotopic (exact) mass is 524 g/mol. The quantitative estimate of drug-likeness (QED) is 0.141. The number of para-hydroxylation sites is 1. The lowest BCUT2D eigenvalue weighted by atomic mass is 10.1. The second-order valence-electron chi connectivity index (χ2n) is 7.10. The molecule has 0 aliphatic rings. The molecule has 0 radical (unpaired) electrons. The van der Waals surface area contributed by atoms with Gasteiger partial charge in [0.2, 0.25) is 0 Å². The van der Waals surface area contributed by atoms with Gasteiger partial charge in [-0.3, -0.25) is 25.0 Å². The highest BCUT2D eigenvalue weighted by atomic mass is 32.2. The minimum absolute atomic E-state index is 0.0990. The van der Waals surface area contributed by atoms with E-state index in [-0.39, 0.29) is 34.0 Å². The number of hydrogen-bond donors (Lipinski definition) is 1. The topological polar surface area (TPSA) is 192 Å². The Bertz CT molecular complexity index is 1580. The van der Waals surface area contributed by atoms with Gasteiger partial charge in [0.15, 0.2) is 16.4 Å². The number of non-ortho nitro benzene ring substituents is 1. The second kappa shape index (κ2) is 11.0. The summed E-state index contributed by atoms with van der Waals surface area (Å²) < 4.78 is 35.6. The number of rotatable bonds is 9. The largest absolute Gasteiger partial charge is 0.493 e. The van der Waals surface area contributed by atoms with Gasteiger partial charge in [0, 0.05) is 23.9 Å². The molecule has 0 saturated heterocycles. The zero-order chi connectivity index (χ0) is 27.2. The maximum atomic E-state index is 12.7. The zero-order valence-electron chi connectivity index (χ0n) is 18.9. The summed E-state index contributed by atoms with van der Waals surface area (Å²) in [5, 5.41) is 33.9. The molecule has 0 atom stereocenters. The van der Waals surface area contributed by atoms with Crippen LogP contribution < -0.4 is 14.2 Å². The van der Waals surface area contributed by atoms with E-state index in [0.29, 0.717) is 0 Å². The van der Waals surface area contributed by atoms with Crippen molar-refractivity contribution in [3.8, 4) is 17.6 Å². The molecule has 0 fully saturated rings. The number of ether oxygens (including phenoxy) is 1. The molecule has 0 bridgehead atoms. The molecule has 0 spiro atoms. The number of nitriles is 1. The molecule has 13 nitrogen and oxygen atoms in total. The maximum absolute atomic E-state index is 12.7. The highest BCUT2D eigenvalue weighted by Gasteiger charge is 2.28. The molecular formula is C23H16N4O9S. The van der Waals surface area contributed by atoms with Crippen LogP contribution in [0.3, 0.4) is 0 Å². The number of nitrogens with zero attached hydrogens (tertiary/aromatic N) is 3. The third-order valence-electron chi connectivity index (χ3n) is 4.71. The van der Waals surface area contributed by atoms with Crippen molar-refractivity contribution < 1.29 is 32.0 Å². The Morgan fingerprint density at radius 3 is 2.38 bits per heavy atom. The fourth-order valence-corrected chi connectivity index (χ4v) is 4.14. The molecule has 0 aliphatic carbocycles. The van der Waals surface area contributed by atoms with E-state index in [1.807, 2.05) is 0 Å². The van der Waals surface area contributed by atoms with Crippen LogP contribution in [0.4, 0.5) is 17.1 Å². The summed E-state index contributed by atoms with van der Waals surface area (Å²) in [7, 11) is -3.41. The first-order chi connectivity index (χ1) is 17.6. The SMILES string of the molecule is COc1cc(/C=C(\C#N)C(=O)Nc2cccc([N+](=O)[O-])c2)ccc1OS(=O)(=O)c1ccccc1[N+](=O)[O-]. The first-order valence-corrected chi connectivity index (χ1v) is 11.5. The molecule has 1 amide bonds. The fourth-order valence-electron chi connectivity index (χ4n) is 3.04. The summed E-state index contributed by atoms with van der Waals surface area (Å²) in [6, 6.07) is 15.3. The lowest BCUT2D eigenvalue weighted by molar-refractivity contribution is -0.387. The van der Waals surface area contributed by atoms with E-state index in [2.05, 4.69) is 5.32 Å². The standard InChI is InChI=1S/C23H16N4O9S/c1-35-21-12-15(11-16(14-24)23(28)25-17-5-4-6-18(13-17)26(29)30)9-10-20(21)36-37(33,34)22-8-3-2-7-19(22)27(31)32/h2-13H,1H3,(H,25,28)/b16-11+. The fraction of sp³-hybridized carbons (Fsp3) is 0.0435. The van der Waals surface area contributed by atoms with Crippen LogP contribution in [0.15, 0.2) is 77.2 Å². The van der Waals surface area contributed by atoms with Crippen molar-refractivity contribution in [2.75, 3.05) is 12.4 Å². The first-order valence-electron chi connectivity index (χ1n) is 10.1. The minimum atomic E-state index is -4.62. The van der Waals surface area contributed by atoms with Crippen LogP contribution >= 0.6 is 0 Å². The molecule has 1 N–H and O–H groups in total. The molecule has 0 aromatic heterocycles. The third-order valence-corrected chi connectivity index (χ3v) is 5.99. The Balaban J connectivity index is 1.88. The van der Waals surface area contributed by atoms with Gasteiger partial charge in [-0.15, -0.1) is 0 Å². The van der Waals surface area contributed by atoms with Gasteiger partial charge in [0.05, 0.1) is 17.0 Å². The Morgan fingerprint density at radius 1 is 1.00 bits per heavy atom. The summed E-state index contributed by atoms with van der Waals surface area (Å²) in [5.41, 5.74) is -0.944. The van der Waals surface area contributed by atoms with E-state index in [0.717, 1.165) is 18.2 Å². The van der Waals surface area contributed by atoms with Crippen LogP contribution in [0, 0.1) is 31.6 Å². The first kappa shape index (κ1) is 26.3. The summed E-state index contributed by atoms with van der Waals surface area (Å²) >= 11 is 0. The molecule has 0 unspecified atom stereocenters. The van der Waals surface area contributed by atoms with Gasteiger partial charge in [-0.05, 0) is 35.9 Å². The number of nitro benzene ring substituents is 2. The average Bonchev–Trinajstić information content (AvgIpc) is 2.87. The van der Waals surface area contributed by atoms with Crippen molar-refractivity contribution in [1.29, 1.82) is 5.26 Å². The van der Waals surface area contributed by atoms with Gasteiger partial charge >= 0.3 is 10.1 Å². The number of nitrogens with one attached hydrogen (secondary N) is 1. The summed E-state index contributed by atoms with van der Waals surface area (Å²) in [4.78, 5) is 32.5. The number of carbonyl (C=O) groups excluding carboxylic acids is 1. The van der Waals surface area contributed by atoms with Crippen LogP contribution in [0.25, 0.3) is 6.08 Å². The number of hydrogen-bond acceptors (Lipinski definition) is 10. The molecule has 0 saturated carbocycles. The summed E-state index contributed by atoms with van der Waals surface area (Å²) in [5.74, 6) is -1.24. The van der Waals surface area contributed by atoms with Gasteiger partial charge in [0.25, 0.3) is 17.3 Å². The Morgan fingerprint density at radius 2 is 1.73 bits per heavy atom. The third kappa shape index (κ3) is 6.24. The van der Waals surface area contributed by atoms with Crippen LogP contribution in [-0.4, -0.2) is 31.3 Å². The van der Waals surface area contributed by atoms with Crippen molar-refractivity contribution in [2.24, 2.45) is 0 Å². The normalized spacial score (nSPS) is 11.2. The maximum Gasteiger partial charge on any atom is 0.346 e. The highest BCUT2D eigenvalue weighted by molar-refractivity contribution is 7.87. The molecule has 14 heteroatoms. The predicted octanol–water partition coefficient (Wildman–Crippen LogP) is 3.82. The number of amides is 1. The van der Waals surface area contributed by atoms with Crippen LogP contribution in [0.1, 0.15) is 5.56 Å². The molecule has 0 aliphatic heterocycles. The van der Waals surface area contributed by atoms with E-state index < -0.39 is 36.5 Å². The van der Waals surface area contributed by atoms with E-state index in [4.69, 9.17) is 8.92 Å². The Labute approximate surface area is 209 Å². The highest BCUT2D eigenvalue weighted by Crippen LogP contribution is 2.33. The lowest BCUT2D eigenvalue weighted by Crippen LogP contribution is -2.13. The van der Waals surface area contributed by atoms with Crippen LogP contribution in [0.2, 0.25) is 0 Å². The second-order valence-corrected chi connectivity index (χ2v) is 8.62. The van der Waals surface area contributed by atoms with Crippen molar-refractivity contribution >= 4 is 39.2 Å². The van der Waals surface area contributed by atoms with E-state index in [1.54, 1.807) is 6.07 Å². The van der Waals surface area contributed by atoms with Crippen molar-refractivity contribution in [1.82, 2.24) is 0 Å². The zero-order valence-corrected chi connectivity index (χ0v) is 19.7. The molecule has 37 heavy (non-hydrogen) atoms. The molecule has 188 valence electrons. The number of nitro groups is 2. The van der Waals surface area contributed by atoms with E-state index in [1.165, 1.54) is 61.7 Å². The summed E-state index contributed by atoms with van der Waals surface area (Å²) in [6.07, 6.45) is 1.18. The van der Waals surface area contributed by atoms with E-state index >= 15 is 0 Å². The lowest BCUT2D eigenvalue weighted by Gasteiger charge is -2.12. The number of benzene rings is 3. The van der Waals surface area contributed by atoms with Gasteiger partial charge in [-0.1, -0.05) is 24.3 Å². The minimum Gasteiger partial charge on any atom is -0.493 e. The molecule has 3 aromatic rings.